The van der Waals surface area contributed by atoms with Crippen LogP contribution < -0.4 is 9.47 Å². The van der Waals surface area contributed by atoms with Crippen LogP contribution in [0.25, 0.3) is 0 Å². The molecular formula is C16H24BrClO2. The summed E-state index contributed by atoms with van der Waals surface area (Å²) in [6.45, 7) is 9.58. The summed E-state index contributed by atoms with van der Waals surface area (Å²) in [6, 6.07) is 3.85. The smallest absolute Gasteiger partial charge is 0.162 e. The normalized spacial score (nSPS) is 12.6. The molecule has 1 atom stereocenters. The molecule has 1 unspecified atom stereocenters. The van der Waals surface area contributed by atoms with E-state index in [9.17, 15) is 0 Å². The van der Waals surface area contributed by atoms with E-state index in [0.29, 0.717) is 24.9 Å². The van der Waals surface area contributed by atoms with Crippen molar-refractivity contribution in [1.29, 1.82) is 0 Å². The monoisotopic (exact) mass is 362 g/mol. The van der Waals surface area contributed by atoms with E-state index in [-0.39, 0.29) is 4.83 Å². The topological polar surface area (TPSA) is 18.5 Å². The molecule has 1 aromatic carbocycles. The van der Waals surface area contributed by atoms with Gasteiger partial charge in [-0.3, -0.25) is 0 Å². The Kier molecular flexibility index (Phi) is 7.75. The first-order chi connectivity index (χ1) is 9.49. The Bertz CT molecular complexity index is 421. The minimum atomic E-state index is 0.243. The summed E-state index contributed by atoms with van der Waals surface area (Å²) < 4.78 is 11.2. The van der Waals surface area contributed by atoms with E-state index >= 15 is 0 Å². The molecule has 0 aliphatic rings. The summed E-state index contributed by atoms with van der Waals surface area (Å²) in [5, 5.41) is 0.725. The Morgan fingerprint density at radius 3 is 2.10 bits per heavy atom. The summed E-state index contributed by atoms with van der Waals surface area (Å²) in [7, 11) is 0. The van der Waals surface area contributed by atoms with Gasteiger partial charge in [0.15, 0.2) is 11.5 Å². The van der Waals surface area contributed by atoms with E-state index in [1.807, 2.05) is 26.0 Å². The molecule has 0 fully saturated rings. The van der Waals surface area contributed by atoms with Crippen LogP contribution in [-0.4, -0.2) is 13.2 Å². The molecule has 0 amide bonds. The Morgan fingerprint density at radius 2 is 1.60 bits per heavy atom. The summed E-state index contributed by atoms with van der Waals surface area (Å²) in [5.41, 5.74) is 1.07. The van der Waals surface area contributed by atoms with Crippen LogP contribution in [0.5, 0.6) is 11.5 Å². The number of alkyl halides is 1. The van der Waals surface area contributed by atoms with Crippen molar-refractivity contribution in [3.63, 3.8) is 0 Å². The van der Waals surface area contributed by atoms with Crippen LogP contribution >= 0.6 is 27.5 Å². The van der Waals surface area contributed by atoms with Gasteiger partial charge in [-0.05, 0) is 44.2 Å². The first-order valence-corrected chi connectivity index (χ1v) is 8.52. The molecule has 114 valence electrons. The lowest BCUT2D eigenvalue weighted by atomic mass is 10.0. The second-order valence-electron chi connectivity index (χ2n) is 5.13. The van der Waals surface area contributed by atoms with Crippen molar-refractivity contribution in [3.8, 4) is 11.5 Å². The van der Waals surface area contributed by atoms with Gasteiger partial charge in [-0.25, -0.2) is 0 Å². The maximum Gasteiger partial charge on any atom is 0.162 e. The number of hydrogen-bond acceptors (Lipinski definition) is 2. The first-order valence-electron chi connectivity index (χ1n) is 7.22. The largest absolute Gasteiger partial charge is 0.490 e. The van der Waals surface area contributed by atoms with E-state index in [1.54, 1.807) is 0 Å². The predicted molar refractivity (Wildman–Crippen MR) is 89.5 cm³/mol. The zero-order valence-corrected chi connectivity index (χ0v) is 15.1. The highest BCUT2D eigenvalue weighted by atomic mass is 79.9. The molecule has 0 saturated carbocycles. The van der Waals surface area contributed by atoms with E-state index < -0.39 is 0 Å². The SMILES string of the molecule is CCOc1cc(Cl)c(C(Br)CCC(C)C)cc1OCC. The van der Waals surface area contributed by atoms with Gasteiger partial charge in [-0.1, -0.05) is 41.4 Å². The van der Waals surface area contributed by atoms with Gasteiger partial charge in [-0.15, -0.1) is 0 Å². The molecule has 0 saturated heterocycles. The lowest BCUT2D eigenvalue weighted by Crippen LogP contribution is -2.01. The van der Waals surface area contributed by atoms with Crippen molar-refractivity contribution in [2.75, 3.05) is 13.2 Å². The highest BCUT2D eigenvalue weighted by Gasteiger charge is 2.17. The van der Waals surface area contributed by atoms with E-state index in [1.165, 1.54) is 0 Å². The van der Waals surface area contributed by atoms with Crippen LogP contribution in [0.2, 0.25) is 5.02 Å². The molecule has 0 heterocycles. The van der Waals surface area contributed by atoms with Crippen molar-refractivity contribution in [2.24, 2.45) is 5.92 Å². The molecule has 0 bridgehead atoms. The number of hydrogen-bond donors (Lipinski definition) is 0. The van der Waals surface area contributed by atoms with Crippen LogP contribution in [-0.2, 0) is 0 Å². The fraction of sp³-hybridized carbons (Fsp3) is 0.625. The van der Waals surface area contributed by atoms with Crippen molar-refractivity contribution in [1.82, 2.24) is 0 Å². The molecule has 1 aromatic rings. The minimum Gasteiger partial charge on any atom is -0.490 e. The summed E-state index contributed by atoms with van der Waals surface area (Å²) in [6.07, 6.45) is 2.21. The molecule has 0 aromatic heterocycles. The zero-order chi connectivity index (χ0) is 15.1. The van der Waals surface area contributed by atoms with Gasteiger partial charge in [0.05, 0.1) is 13.2 Å². The molecule has 0 radical (unpaired) electrons. The Balaban J connectivity index is 2.98. The third-order valence-corrected chi connectivity index (χ3v) is 4.28. The highest BCUT2D eigenvalue weighted by molar-refractivity contribution is 9.09. The lowest BCUT2D eigenvalue weighted by Gasteiger charge is -2.17. The van der Waals surface area contributed by atoms with Gasteiger partial charge in [0, 0.05) is 15.9 Å². The standard InChI is InChI=1S/C16H24BrClO2/c1-5-19-15-9-12(13(17)8-7-11(3)4)14(18)10-16(15)20-6-2/h9-11,13H,5-8H2,1-4H3. The van der Waals surface area contributed by atoms with Crippen LogP contribution in [0.3, 0.4) is 0 Å². The fourth-order valence-corrected chi connectivity index (χ4v) is 3.02. The van der Waals surface area contributed by atoms with Crippen LogP contribution in [0.1, 0.15) is 50.9 Å². The number of ether oxygens (including phenoxy) is 2. The van der Waals surface area contributed by atoms with Crippen molar-refractivity contribution < 1.29 is 9.47 Å². The molecule has 0 spiro atoms. The number of rotatable bonds is 8. The average molecular weight is 364 g/mol. The van der Waals surface area contributed by atoms with Crippen LogP contribution in [0.4, 0.5) is 0 Å². The number of halogens is 2. The van der Waals surface area contributed by atoms with Gasteiger partial charge in [0.1, 0.15) is 0 Å². The molecule has 2 nitrogen and oxygen atoms in total. The second-order valence-corrected chi connectivity index (χ2v) is 6.64. The quantitative estimate of drug-likeness (QED) is 0.526. The summed E-state index contributed by atoms with van der Waals surface area (Å²) >= 11 is 10.1. The van der Waals surface area contributed by atoms with E-state index in [0.717, 1.165) is 29.2 Å². The predicted octanol–water partition coefficient (Wildman–Crippen LogP) is 6.01. The molecule has 0 aliphatic heterocycles. The van der Waals surface area contributed by atoms with Crippen molar-refractivity contribution in [2.45, 2.75) is 45.4 Å². The Morgan fingerprint density at radius 1 is 1.05 bits per heavy atom. The molecule has 20 heavy (non-hydrogen) atoms. The lowest BCUT2D eigenvalue weighted by molar-refractivity contribution is 0.287. The van der Waals surface area contributed by atoms with Crippen molar-refractivity contribution in [3.05, 3.63) is 22.7 Å². The maximum atomic E-state index is 6.38. The molecule has 0 aliphatic carbocycles. The van der Waals surface area contributed by atoms with Crippen LogP contribution in [0.15, 0.2) is 12.1 Å². The fourth-order valence-electron chi connectivity index (χ4n) is 1.96. The third-order valence-electron chi connectivity index (χ3n) is 3.00. The van der Waals surface area contributed by atoms with Gasteiger partial charge < -0.3 is 9.47 Å². The molecule has 4 heteroatoms. The molecular weight excluding hydrogens is 340 g/mol. The average Bonchev–Trinajstić information content (AvgIpc) is 2.39. The van der Waals surface area contributed by atoms with Crippen LogP contribution in [0, 0.1) is 5.92 Å². The van der Waals surface area contributed by atoms with Crippen molar-refractivity contribution >= 4 is 27.5 Å². The van der Waals surface area contributed by atoms with Gasteiger partial charge in [-0.2, -0.15) is 0 Å². The van der Waals surface area contributed by atoms with E-state index in [4.69, 9.17) is 21.1 Å². The maximum absolute atomic E-state index is 6.38. The van der Waals surface area contributed by atoms with Gasteiger partial charge in [0.25, 0.3) is 0 Å². The third kappa shape index (κ3) is 5.17. The Labute approximate surface area is 135 Å². The summed E-state index contributed by atoms with van der Waals surface area (Å²) in [5.74, 6) is 2.16. The summed E-state index contributed by atoms with van der Waals surface area (Å²) in [4.78, 5) is 0.243. The van der Waals surface area contributed by atoms with Gasteiger partial charge >= 0.3 is 0 Å². The van der Waals surface area contributed by atoms with Gasteiger partial charge in [0.2, 0.25) is 0 Å². The molecule has 1 rings (SSSR count). The highest BCUT2D eigenvalue weighted by Crippen LogP contribution is 2.40. The first kappa shape index (κ1) is 17.6. The number of benzene rings is 1. The minimum absolute atomic E-state index is 0.243. The zero-order valence-electron chi connectivity index (χ0n) is 12.7. The molecule has 0 N–H and O–H groups in total. The Hall–Kier alpha value is -0.410. The second kappa shape index (κ2) is 8.78. The van der Waals surface area contributed by atoms with E-state index in [2.05, 4.69) is 29.8 Å².